The van der Waals surface area contributed by atoms with Crippen LogP contribution in [0.25, 0.3) is 0 Å². The number of fused-ring (bicyclic) bond motifs is 1. The fourth-order valence-electron chi connectivity index (χ4n) is 4.15. The van der Waals surface area contributed by atoms with E-state index in [1.165, 1.54) is 29.0 Å². The number of benzene rings is 2. The molecule has 4 rings (SSSR count). The van der Waals surface area contributed by atoms with E-state index in [1.807, 2.05) is 25.1 Å². The largest absolute Gasteiger partial charge is 0.490 e. The van der Waals surface area contributed by atoms with E-state index in [2.05, 4.69) is 22.3 Å². The molecule has 0 atom stereocenters. The second-order valence-corrected chi connectivity index (χ2v) is 10.4. The van der Waals surface area contributed by atoms with Gasteiger partial charge in [0, 0.05) is 30.1 Å². The summed E-state index contributed by atoms with van der Waals surface area (Å²) in [6, 6.07) is 13.3. The van der Waals surface area contributed by atoms with E-state index >= 15 is 0 Å². The molecule has 0 fully saturated rings. The van der Waals surface area contributed by atoms with Gasteiger partial charge in [-0.15, -0.1) is 11.3 Å². The maximum Gasteiger partial charge on any atom is 0.341 e. The maximum absolute atomic E-state index is 13.2. The maximum atomic E-state index is 13.2. The molecule has 9 heteroatoms. The predicted molar refractivity (Wildman–Crippen MR) is 145 cm³/mol. The number of esters is 1. The Balaban J connectivity index is 1.58. The fraction of sp³-hybridized carbons (Fsp3) is 0.333. The topological polar surface area (TPSA) is 67.9 Å². The lowest BCUT2D eigenvalue weighted by molar-refractivity contribution is 0.0526. The number of hydrogen-bond acceptors (Lipinski definition) is 6. The minimum Gasteiger partial charge on any atom is -0.490 e. The lowest BCUT2D eigenvalue weighted by atomic mass is 10.0. The molecule has 3 aromatic rings. The number of hydrogen-bond donors (Lipinski definition) is 1. The highest BCUT2D eigenvalue weighted by Crippen LogP contribution is 2.39. The minimum absolute atomic E-state index is 0.251. The second kappa shape index (κ2) is 12.1. The SMILES string of the molecule is CCCOc1c(Cl)cc(C(=O)Nc2sc3c(c2C(=O)OCC)CCN(Cc2ccccc2)C3)cc1Cl. The number of anilines is 1. The second-order valence-electron chi connectivity index (χ2n) is 8.45. The molecular formula is C27H28Cl2N2O4S. The third kappa shape index (κ3) is 6.03. The van der Waals surface area contributed by atoms with Gasteiger partial charge in [0.1, 0.15) is 5.00 Å². The van der Waals surface area contributed by atoms with Gasteiger partial charge in [-0.1, -0.05) is 60.5 Å². The van der Waals surface area contributed by atoms with Crippen LogP contribution in [0.3, 0.4) is 0 Å². The number of thiophene rings is 1. The summed E-state index contributed by atoms with van der Waals surface area (Å²) < 4.78 is 10.9. The fourth-order valence-corrected chi connectivity index (χ4v) is 6.02. The molecule has 190 valence electrons. The number of nitrogens with zero attached hydrogens (tertiary/aromatic N) is 1. The number of amides is 1. The Morgan fingerprint density at radius 1 is 1.11 bits per heavy atom. The summed E-state index contributed by atoms with van der Waals surface area (Å²) >= 11 is 14.1. The van der Waals surface area contributed by atoms with Crippen LogP contribution in [0.1, 0.15) is 57.0 Å². The normalized spacial score (nSPS) is 13.2. The van der Waals surface area contributed by atoms with Gasteiger partial charge in [-0.05, 0) is 43.0 Å². The first kappa shape index (κ1) is 26.5. The Morgan fingerprint density at radius 2 is 1.83 bits per heavy atom. The molecule has 6 nitrogen and oxygen atoms in total. The molecule has 0 saturated heterocycles. The third-order valence-corrected chi connectivity index (χ3v) is 7.50. The number of carbonyl (C=O) groups is 2. The monoisotopic (exact) mass is 546 g/mol. The summed E-state index contributed by atoms with van der Waals surface area (Å²) in [4.78, 5) is 29.5. The molecule has 0 unspecified atom stereocenters. The summed E-state index contributed by atoms with van der Waals surface area (Å²) in [7, 11) is 0. The van der Waals surface area contributed by atoms with E-state index in [0.29, 0.717) is 35.9 Å². The molecule has 0 saturated carbocycles. The zero-order valence-electron chi connectivity index (χ0n) is 20.2. The van der Waals surface area contributed by atoms with E-state index in [9.17, 15) is 9.59 Å². The lowest BCUT2D eigenvalue weighted by Crippen LogP contribution is -2.29. The van der Waals surface area contributed by atoms with Gasteiger partial charge in [-0.2, -0.15) is 0 Å². The Kier molecular flexibility index (Phi) is 8.90. The minimum atomic E-state index is -0.429. The molecule has 0 radical (unpaired) electrons. The van der Waals surface area contributed by atoms with E-state index in [-0.39, 0.29) is 22.2 Å². The van der Waals surface area contributed by atoms with Gasteiger partial charge in [-0.25, -0.2) is 4.79 Å². The van der Waals surface area contributed by atoms with Crippen molar-refractivity contribution in [2.24, 2.45) is 0 Å². The Morgan fingerprint density at radius 3 is 2.50 bits per heavy atom. The van der Waals surface area contributed by atoms with E-state index < -0.39 is 11.9 Å². The standard InChI is InChI=1S/C27H28Cl2N2O4S/c1-3-12-35-24-20(28)13-18(14-21(24)29)25(32)30-26-23(27(33)34-4-2)19-10-11-31(16-22(19)36-26)15-17-8-6-5-7-9-17/h5-9,13-14H,3-4,10-12,15-16H2,1-2H3,(H,30,32). The van der Waals surface area contributed by atoms with Crippen LogP contribution in [0, 0.1) is 0 Å². The molecule has 1 aromatic heterocycles. The zero-order chi connectivity index (χ0) is 25.7. The summed E-state index contributed by atoms with van der Waals surface area (Å²) in [6.45, 7) is 6.78. The number of ether oxygens (including phenoxy) is 2. The van der Waals surface area contributed by atoms with Gasteiger partial charge in [0.05, 0.1) is 28.8 Å². The molecule has 1 N–H and O–H groups in total. The molecule has 0 spiro atoms. The van der Waals surface area contributed by atoms with Crippen LogP contribution in [0.2, 0.25) is 10.0 Å². The Labute approximate surface area is 225 Å². The number of halogens is 2. The van der Waals surface area contributed by atoms with Crippen molar-refractivity contribution in [3.05, 3.63) is 79.6 Å². The zero-order valence-corrected chi connectivity index (χ0v) is 22.6. The first-order chi connectivity index (χ1) is 17.4. The molecule has 1 amide bonds. The van der Waals surface area contributed by atoms with Crippen molar-refractivity contribution in [3.63, 3.8) is 0 Å². The van der Waals surface area contributed by atoms with E-state index in [1.54, 1.807) is 6.92 Å². The average molecular weight is 548 g/mol. The quantitative estimate of drug-likeness (QED) is 0.298. The smallest absolute Gasteiger partial charge is 0.341 e. The highest BCUT2D eigenvalue weighted by atomic mass is 35.5. The highest BCUT2D eigenvalue weighted by molar-refractivity contribution is 7.17. The number of nitrogens with one attached hydrogen (secondary N) is 1. The van der Waals surface area contributed by atoms with Crippen LogP contribution in [-0.4, -0.2) is 36.5 Å². The molecule has 1 aliphatic rings. The first-order valence-electron chi connectivity index (χ1n) is 11.9. The lowest BCUT2D eigenvalue weighted by Gasteiger charge is -2.27. The molecule has 0 bridgehead atoms. The third-order valence-electron chi connectivity index (χ3n) is 5.80. The van der Waals surface area contributed by atoms with Crippen LogP contribution >= 0.6 is 34.5 Å². The van der Waals surface area contributed by atoms with Crippen molar-refractivity contribution < 1.29 is 19.1 Å². The summed E-state index contributed by atoms with van der Waals surface area (Å²) in [5, 5.41) is 3.90. The molecule has 36 heavy (non-hydrogen) atoms. The summed E-state index contributed by atoms with van der Waals surface area (Å²) in [6.07, 6.45) is 1.50. The van der Waals surface area contributed by atoms with E-state index in [4.69, 9.17) is 32.7 Å². The van der Waals surface area contributed by atoms with Gasteiger partial charge in [-0.3, -0.25) is 9.69 Å². The highest BCUT2D eigenvalue weighted by Gasteiger charge is 2.30. The van der Waals surface area contributed by atoms with Gasteiger partial charge in [0.2, 0.25) is 0 Å². The van der Waals surface area contributed by atoms with Crippen molar-refractivity contribution in [2.45, 2.75) is 39.8 Å². The summed E-state index contributed by atoms with van der Waals surface area (Å²) in [5.74, 6) is -0.485. The number of rotatable bonds is 9. The van der Waals surface area contributed by atoms with Gasteiger partial charge in [0.15, 0.2) is 5.75 Å². The average Bonchev–Trinajstić information content (AvgIpc) is 3.21. The molecule has 2 heterocycles. The molecular weight excluding hydrogens is 519 g/mol. The van der Waals surface area contributed by atoms with Crippen molar-refractivity contribution in [1.82, 2.24) is 4.90 Å². The predicted octanol–water partition coefficient (Wildman–Crippen LogP) is 6.83. The van der Waals surface area contributed by atoms with E-state index in [0.717, 1.165) is 30.0 Å². The van der Waals surface area contributed by atoms with Crippen LogP contribution in [0.5, 0.6) is 5.75 Å². The van der Waals surface area contributed by atoms with Crippen molar-refractivity contribution in [2.75, 3.05) is 25.1 Å². The molecule has 0 aliphatic carbocycles. The first-order valence-corrected chi connectivity index (χ1v) is 13.5. The molecule has 2 aromatic carbocycles. The van der Waals surface area contributed by atoms with Gasteiger partial charge < -0.3 is 14.8 Å². The van der Waals surface area contributed by atoms with Crippen molar-refractivity contribution in [3.8, 4) is 5.75 Å². The van der Waals surface area contributed by atoms with Crippen molar-refractivity contribution in [1.29, 1.82) is 0 Å². The van der Waals surface area contributed by atoms with Crippen LogP contribution in [0.15, 0.2) is 42.5 Å². The molecule has 1 aliphatic heterocycles. The van der Waals surface area contributed by atoms with Crippen molar-refractivity contribution >= 4 is 51.4 Å². The van der Waals surface area contributed by atoms with Crippen LogP contribution < -0.4 is 10.1 Å². The van der Waals surface area contributed by atoms with Crippen LogP contribution in [0.4, 0.5) is 5.00 Å². The van der Waals surface area contributed by atoms with Gasteiger partial charge >= 0.3 is 5.97 Å². The Bertz CT molecular complexity index is 1220. The number of carbonyl (C=O) groups excluding carboxylic acids is 2. The summed E-state index contributed by atoms with van der Waals surface area (Å²) in [5.41, 5.74) is 2.89. The Hall–Kier alpha value is -2.58. The van der Waals surface area contributed by atoms with Gasteiger partial charge in [0.25, 0.3) is 5.91 Å². The van der Waals surface area contributed by atoms with Crippen LogP contribution in [-0.2, 0) is 24.2 Å².